The van der Waals surface area contributed by atoms with Crippen LogP contribution in [0.5, 0.6) is 0 Å². The Morgan fingerprint density at radius 2 is 1.88 bits per heavy atom. The van der Waals surface area contributed by atoms with Crippen LogP contribution in [0.15, 0.2) is 48.0 Å². The summed E-state index contributed by atoms with van der Waals surface area (Å²) in [6, 6.07) is 12.4. The van der Waals surface area contributed by atoms with E-state index in [1.54, 1.807) is 11.3 Å². The highest BCUT2D eigenvalue weighted by Crippen LogP contribution is 2.29. The fourth-order valence-corrected chi connectivity index (χ4v) is 5.08. The number of carbonyl (C=O) groups excluding carboxylic acids is 1. The molecule has 4 heterocycles. The highest BCUT2D eigenvalue weighted by atomic mass is 32.1. The number of carbonyl (C=O) groups is 1. The smallest absolute Gasteiger partial charge is 0.264 e. The molecule has 1 fully saturated rings. The third-order valence-electron chi connectivity index (χ3n) is 4.64. The number of piperazine rings is 1. The van der Waals surface area contributed by atoms with Gasteiger partial charge in [0, 0.05) is 43.4 Å². The number of fused-ring (bicyclic) bond motifs is 3. The molecule has 1 aromatic carbocycles. The maximum atomic E-state index is 12.9. The number of hydrogen-bond acceptors (Lipinski definition) is 5. The fourth-order valence-electron chi connectivity index (χ4n) is 3.32. The number of anilines is 1. The molecule has 0 radical (unpaired) electrons. The minimum absolute atomic E-state index is 0.125. The summed E-state index contributed by atoms with van der Waals surface area (Å²) in [6.07, 6.45) is 2.01. The number of imidazole rings is 1. The second kappa shape index (κ2) is 5.86. The maximum absolute atomic E-state index is 12.9. The molecule has 0 bridgehead atoms. The van der Waals surface area contributed by atoms with Gasteiger partial charge in [-0.1, -0.05) is 18.2 Å². The van der Waals surface area contributed by atoms with Crippen LogP contribution in [0.1, 0.15) is 9.67 Å². The van der Waals surface area contributed by atoms with Crippen LogP contribution in [-0.4, -0.2) is 46.4 Å². The van der Waals surface area contributed by atoms with E-state index in [4.69, 9.17) is 0 Å². The topological polar surface area (TPSA) is 40.9 Å². The SMILES string of the molecule is O=C(c1cc2c(nc3sccn32)s1)N1CCN(c2ccccc2)CC1. The van der Waals surface area contributed by atoms with E-state index in [2.05, 4.69) is 38.6 Å². The predicted molar refractivity (Wildman–Crippen MR) is 103 cm³/mol. The molecule has 7 heteroatoms. The molecule has 5 nitrogen and oxygen atoms in total. The molecule has 1 saturated heterocycles. The number of amides is 1. The zero-order valence-corrected chi connectivity index (χ0v) is 15.1. The molecule has 0 spiro atoms. The Balaban J connectivity index is 1.34. The van der Waals surface area contributed by atoms with Crippen molar-refractivity contribution in [2.75, 3.05) is 31.1 Å². The van der Waals surface area contributed by atoms with E-state index >= 15 is 0 Å². The number of thiophene rings is 1. The Labute approximate surface area is 152 Å². The van der Waals surface area contributed by atoms with Crippen LogP contribution >= 0.6 is 22.7 Å². The van der Waals surface area contributed by atoms with Crippen molar-refractivity contribution in [3.63, 3.8) is 0 Å². The lowest BCUT2D eigenvalue weighted by Gasteiger charge is -2.35. The highest BCUT2D eigenvalue weighted by molar-refractivity contribution is 7.21. The van der Waals surface area contributed by atoms with Gasteiger partial charge in [-0.15, -0.1) is 22.7 Å². The van der Waals surface area contributed by atoms with Gasteiger partial charge >= 0.3 is 0 Å². The van der Waals surface area contributed by atoms with Gasteiger partial charge in [0.15, 0.2) is 4.96 Å². The molecule has 0 N–H and O–H groups in total. The Hall–Kier alpha value is -2.38. The van der Waals surface area contributed by atoms with Crippen molar-refractivity contribution in [2.24, 2.45) is 0 Å². The summed E-state index contributed by atoms with van der Waals surface area (Å²) in [6.45, 7) is 3.25. The Morgan fingerprint density at radius 3 is 2.68 bits per heavy atom. The molecule has 5 rings (SSSR count). The second-order valence-corrected chi connectivity index (χ2v) is 7.99. The normalized spacial score (nSPS) is 15.4. The summed E-state index contributed by atoms with van der Waals surface area (Å²) < 4.78 is 2.06. The maximum Gasteiger partial charge on any atom is 0.264 e. The second-order valence-electron chi connectivity index (χ2n) is 6.08. The predicted octanol–water partition coefficient (Wildman–Crippen LogP) is 3.57. The highest BCUT2D eigenvalue weighted by Gasteiger charge is 2.24. The number of benzene rings is 1. The molecular formula is C18H16N4OS2. The molecule has 1 aliphatic rings. The molecule has 1 aliphatic heterocycles. The van der Waals surface area contributed by atoms with E-state index in [1.807, 2.05) is 28.6 Å². The van der Waals surface area contributed by atoms with Crippen molar-refractivity contribution in [2.45, 2.75) is 0 Å². The van der Waals surface area contributed by atoms with Crippen molar-refractivity contribution in [1.29, 1.82) is 0 Å². The first kappa shape index (κ1) is 14.9. The van der Waals surface area contributed by atoms with Gasteiger partial charge in [0.05, 0.1) is 10.4 Å². The first-order valence-corrected chi connectivity index (χ1v) is 9.93. The van der Waals surface area contributed by atoms with Gasteiger partial charge in [-0.2, -0.15) is 0 Å². The van der Waals surface area contributed by atoms with Crippen LogP contribution in [0.25, 0.3) is 15.3 Å². The van der Waals surface area contributed by atoms with E-state index < -0.39 is 0 Å². The summed E-state index contributed by atoms with van der Waals surface area (Å²) in [4.78, 5) is 24.5. The average molecular weight is 368 g/mol. The summed E-state index contributed by atoms with van der Waals surface area (Å²) in [5.41, 5.74) is 2.26. The lowest BCUT2D eigenvalue weighted by molar-refractivity contribution is 0.0751. The summed E-state index contributed by atoms with van der Waals surface area (Å²) in [5, 5.41) is 2.02. The molecular weight excluding hydrogens is 352 g/mol. The molecule has 25 heavy (non-hydrogen) atoms. The fraction of sp³-hybridized carbons (Fsp3) is 0.222. The van der Waals surface area contributed by atoms with Crippen LogP contribution < -0.4 is 4.90 Å². The van der Waals surface area contributed by atoms with Crippen molar-refractivity contribution >= 4 is 49.6 Å². The molecule has 3 aromatic heterocycles. The third-order valence-corrected chi connectivity index (χ3v) is 6.40. The minimum Gasteiger partial charge on any atom is -0.368 e. The summed E-state index contributed by atoms with van der Waals surface area (Å²) in [7, 11) is 0. The van der Waals surface area contributed by atoms with Crippen molar-refractivity contribution < 1.29 is 4.79 Å². The largest absolute Gasteiger partial charge is 0.368 e. The minimum atomic E-state index is 0.125. The summed E-state index contributed by atoms with van der Waals surface area (Å²) >= 11 is 3.11. The number of para-hydroxylation sites is 1. The Bertz CT molecular complexity index is 1040. The molecule has 0 unspecified atom stereocenters. The first-order chi connectivity index (χ1) is 12.3. The van der Waals surface area contributed by atoms with Gasteiger partial charge < -0.3 is 9.80 Å². The third kappa shape index (κ3) is 2.51. The lowest BCUT2D eigenvalue weighted by atomic mass is 10.2. The van der Waals surface area contributed by atoms with Gasteiger partial charge in [-0.25, -0.2) is 4.98 Å². The molecule has 0 atom stereocenters. The van der Waals surface area contributed by atoms with E-state index in [0.29, 0.717) is 0 Å². The Morgan fingerprint density at radius 1 is 1.08 bits per heavy atom. The van der Waals surface area contributed by atoms with Crippen molar-refractivity contribution in [3.05, 3.63) is 52.9 Å². The molecule has 0 aliphatic carbocycles. The van der Waals surface area contributed by atoms with Crippen LogP contribution in [-0.2, 0) is 0 Å². The van der Waals surface area contributed by atoms with Crippen molar-refractivity contribution in [3.8, 4) is 0 Å². The van der Waals surface area contributed by atoms with Gasteiger partial charge in [-0.3, -0.25) is 9.20 Å². The number of thiazole rings is 1. The quantitative estimate of drug-likeness (QED) is 0.543. The Kier molecular flexibility index (Phi) is 3.50. The van der Waals surface area contributed by atoms with E-state index in [0.717, 1.165) is 46.4 Å². The molecule has 4 aromatic rings. The van der Waals surface area contributed by atoms with Gasteiger partial charge in [0.2, 0.25) is 0 Å². The average Bonchev–Trinajstić information content (AvgIpc) is 3.34. The zero-order chi connectivity index (χ0) is 16.8. The summed E-state index contributed by atoms with van der Waals surface area (Å²) in [5.74, 6) is 0.125. The lowest BCUT2D eigenvalue weighted by Crippen LogP contribution is -2.48. The van der Waals surface area contributed by atoms with Crippen LogP contribution in [0.3, 0.4) is 0 Å². The standard InChI is InChI=1S/C18H16N4OS2/c23-17(15-12-14-16(25-15)19-18-22(14)10-11-24-18)21-8-6-20(7-9-21)13-4-2-1-3-5-13/h1-5,10-12H,6-9H2. The molecule has 0 saturated carbocycles. The molecule has 1 amide bonds. The number of aromatic nitrogens is 2. The van der Waals surface area contributed by atoms with Crippen LogP contribution in [0.2, 0.25) is 0 Å². The first-order valence-electron chi connectivity index (χ1n) is 8.24. The number of rotatable bonds is 2. The van der Waals surface area contributed by atoms with Gasteiger partial charge in [0.25, 0.3) is 5.91 Å². The van der Waals surface area contributed by atoms with Crippen molar-refractivity contribution in [1.82, 2.24) is 14.3 Å². The monoisotopic (exact) mass is 368 g/mol. The number of nitrogens with zero attached hydrogens (tertiary/aromatic N) is 4. The van der Waals surface area contributed by atoms with E-state index in [1.165, 1.54) is 17.0 Å². The van der Waals surface area contributed by atoms with Crippen LogP contribution in [0, 0.1) is 0 Å². The van der Waals surface area contributed by atoms with Crippen LogP contribution in [0.4, 0.5) is 5.69 Å². The molecule has 126 valence electrons. The van der Waals surface area contributed by atoms with Gasteiger partial charge in [-0.05, 0) is 18.2 Å². The zero-order valence-electron chi connectivity index (χ0n) is 13.5. The van der Waals surface area contributed by atoms with Gasteiger partial charge in [0.1, 0.15) is 4.83 Å². The van der Waals surface area contributed by atoms with E-state index in [-0.39, 0.29) is 5.91 Å². The van der Waals surface area contributed by atoms with E-state index in [9.17, 15) is 4.79 Å². The number of hydrogen-bond donors (Lipinski definition) is 0.